The highest BCUT2D eigenvalue weighted by Gasteiger charge is 2.23. The minimum Gasteiger partial charge on any atom is -0.402 e. The molecule has 0 heterocycles. The van der Waals surface area contributed by atoms with E-state index in [1.165, 1.54) is 0 Å². The highest BCUT2D eigenvalue weighted by molar-refractivity contribution is 8.01. The monoisotopic (exact) mass is 218 g/mol. The number of hydrogen-bond donors (Lipinski definition) is 0. The van der Waals surface area contributed by atoms with Gasteiger partial charge in [0.15, 0.2) is 8.32 Å². The van der Waals surface area contributed by atoms with Crippen molar-refractivity contribution in [3.8, 4) is 0 Å². The van der Waals surface area contributed by atoms with Gasteiger partial charge in [-0.1, -0.05) is 33.4 Å². The summed E-state index contributed by atoms with van der Waals surface area (Å²) < 4.78 is 6.18. The molecule has 0 amide bonds. The fourth-order valence-corrected chi connectivity index (χ4v) is 3.46. The zero-order valence-corrected chi connectivity index (χ0v) is 11.5. The van der Waals surface area contributed by atoms with Crippen LogP contribution in [0.2, 0.25) is 19.6 Å². The Kier molecular flexibility index (Phi) is 4.76. The summed E-state index contributed by atoms with van der Waals surface area (Å²) >= 11 is 1.82. The van der Waals surface area contributed by atoms with Crippen molar-refractivity contribution < 1.29 is 4.43 Å². The first kappa shape index (κ1) is 13.3. The lowest BCUT2D eigenvalue weighted by molar-refractivity contribution is 0.325. The van der Waals surface area contributed by atoms with E-state index in [1.54, 1.807) is 0 Å². The van der Waals surface area contributed by atoms with Crippen LogP contribution in [0.3, 0.4) is 0 Å². The van der Waals surface area contributed by atoms with Crippen LogP contribution in [0.5, 0.6) is 0 Å². The zero-order chi connectivity index (χ0) is 10.7. The number of thioether (sulfide) groups is 1. The first-order valence-electron chi connectivity index (χ1n) is 4.62. The summed E-state index contributed by atoms with van der Waals surface area (Å²) in [7, 11) is -1.43. The zero-order valence-electron chi connectivity index (χ0n) is 9.68. The minimum atomic E-state index is -1.43. The predicted octanol–water partition coefficient (Wildman–Crippen LogP) is 3.88. The normalized spacial score (nSPS) is 15.5. The Labute approximate surface area is 88.1 Å². The number of rotatable bonds is 4. The molecule has 13 heavy (non-hydrogen) atoms. The number of hydrogen-bond acceptors (Lipinski definition) is 2. The molecule has 0 spiro atoms. The first-order valence-corrected chi connectivity index (χ1v) is 8.91. The Hall–Kier alpha value is 0.267. The van der Waals surface area contributed by atoms with Gasteiger partial charge in [0.2, 0.25) is 0 Å². The van der Waals surface area contributed by atoms with Gasteiger partial charge in [0.05, 0.1) is 0 Å². The molecule has 0 radical (unpaired) electrons. The third-order valence-electron chi connectivity index (χ3n) is 1.13. The summed E-state index contributed by atoms with van der Waals surface area (Å²) in [5.74, 6) is 0. The van der Waals surface area contributed by atoms with Crippen molar-refractivity contribution in [2.75, 3.05) is 0 Å². The van der Waals surface area contributed by atoms with E-state index < -0.39 is 8.32 Å². The van der Waals surface area contributed by atoms with Crippen LogP contribution < -0.4 is 0 Å². The molecule has 0 aliphatic rings. The van der Waals surface area contributed by atoms with E-state index in [0.717, 1.165) is 0 Å². The van der Waals surface area contributed by atoms with E-state index in [0.29, 0.717) is 0 Å². The highest BCUT2D eigenvalue weighted by atomic mass is 32.2. The van der Waals surface area contributed by atoms with Gasteiger partial charge in [0, 0.05) is 4.75 Å². The molecule has 1 atom stereocenters. The van der Waals surface area contributed by atoms with E-state index in [-0.39, 0.29) is 10.2 Å². The Morgan fingerprint density at radius 2 is 1.77 bits per heavy atom. The maximum absolute atomic E-state index is 5.95. The second-order valence-corrected chi connectivity index (χ2v) is 11.5. The van der Waals surface area contributed by atoms with Gasteiger partial charge < -0.3 is 4.43 Å². The van der Waals surface area contributed by atoms with Crippen LogP contribution >= 0.6 is 11.8 Å². The summed E-state index contributed by atoms with van der Waals surface area (Å²) in [4.78, 5) is 0. The molecule has 0 fully saturated rings. The van der Waals surface area contributed by atoms with Gasteiger partial charge in [-0.05, 0) is 19.6 Å². The van der Waals surface area contributed by atoms with Crippen LogP contribution in [-0.4, -0.2) is 18.5 Å². The molecule has 0 rings (SSSR count). The maximum atomic E-state index is 5.95. The Morgan fingerprint density at radius 1 is 1.31 bits per heavy atom. The lowest BCUT2D eigenvalue weighted by Gasteiger charge is -2.28. The first-order chi connectivity index (χ1) is 5.64. The molecule has 0 aromatic heterocycles. The summed E-state index contributed by atoms with van der Waals surface area (Å²) in [5.41, 5.74) is 0.145. The molecule has 0 aromatic rings. The topological polar surface area (TPSA) is 9.23 Å². The third kappa shape index (κ3) is 8.59. The SMILES string of the molecule is C=CC(O[Si](C)(C)C)SC(C)(C)C. The second kappa shape index (κ2) is 4.67. The van der Waals surface area contributed by atoms with Crippen molar-refractivity contribution in [2.45, 2.75) is 50.6 Å². The Morgan fingerprint density at radius 3 is 2.00 bits per heavy atom. The van der Waals surface area contributed by atoms with Crippen molar-refractivity contribution in [1.29, 1.82) is 0 Å². The fraction of sp³-hybridized carbons (Fsp3) is 0.800. The molecule has 1 unspecified atom stereocenters. The minimum absolute atomic E-state index is 0.145. The van der Waals surface area contributed by atoms with E-state index in [1.807, 2.05) is 17.8 Å². The molecule has 0 saturated heterocycles. The molecule has 0 aliphatic carbocycles. The van der Waals surface area contributed by atoms with Crippen molar-refractivity contribution in [3.05, 3.63) is 12.7 Å². The Bertz CT molecular complexity index is 151. The van der Waals surface area contributed by atoms with Gasteiger partial charge in [-0.3, -0.25) is 0 Å². The molecular formula is C10H22OSSi. The van der Waals surface area contributed by atoms with E-state index >= 15 is 0 Å². The summed E-state index contributed by atoms with van der Waals surface area (Å²) in [6, 6.07) is 0. The smallest absolute Gasteiger partial charge is 0.185 e. The molecule has 0 aromatic carbocycles. The van der Waals surface area contributed by atoms with Crippen molar-refractivity contribution in [3.63, 3.8) is 0 Å². The van der Waals surface area contributed by atoms with Crippen LogP contribution in [0.25, 0.3) is 0 Å². The molecule has 1 nitrogen and oxygen atoms in total. The second-order valence-electron chi connectivity index (χ2n) is 5.06. The van der Waals surface area contributed by atoms with Crippen LogP contribution in [0, 0.1) is 0 Å². The summed E-state index contributed by atoms with van der Waals surface area (Å²) in [6.07, 6.45) is 1.90. The molecule has 0 N–H and O–H groups in total. The van der Waals surface area contributed by atoms with Crippen molar-refractivity contribution >= 4 is 20.1 Å². The van der Waals surface area contributed by atoms with E-state index in [4.69, 9.17) is 4.43 Å². The van der Waals surface area contributed by atoms with Gasteiger partial charge >= 0.3 is 0 Å². The largest absolute Gasteiger partial charge is 0.402 e. The quantitative estimate of drug-likeness (QED) is 0.402. The summed E-state index contributed by atoms with van der Waals surface area (Å²) in [6.45, 7) is 17.0. The van der Waals surface area contributed by atoms with Crippen molar-refractivity contribution in [1.82, 2.24) is 0 Å². The van der Waals surface area contributed by atoms with E-state index in [9.17, 15) is 0 Å². The predicted molar refractivity (Wildman–Crippen MR) is 65.8 cm³/mol. The van der Waals surface area contributed by atoms with Crippen LogP contribution in [-0.2, 0) is 4.43 Å². The van der Waals surface area contributed by atoms with E-state index in [2.05, 4.69) is 47.0 Å². The molecular weight excluding hydrogens is 196 g/mol. The van der Waals surface area contributed by atoms with Gasteiger partial charge in [-0.2, -0.15) is 0 Å². The molecule has 3 heteroatoms. The van der Waals surface area contributed by atoms with Gasteiger partial charge in [-0.15, -0.1) is 11.8 Å². The van der Waals surface area contributed by atoms with Crippen molar-refractivity contribution in [2.24, 2.45) is 0 Å². The lowest BCUT2D eigenvalue weighted by Crippen LogP contribution is -2.31. The molecule has 0 aliphatic heterocycles. The van der Waals surface area contributed by atoms with Gasteiger partial charge in [0.1, 0.15) is 5.44 Å². The van der Waals surface area contributed by atoms with Crippen LogP contribution in [0.1, 0.15) is 20.8 Å². The van der Waals surface area contributed by atoms with Crippen LogP contribution in [0.15, 0.2) is 12.7 Å². The van der Waals surface area contributed by atoms with Gasteiger partial charge in [0.25, 0.3) is 0 Å². The average molecular weight is 218 g/mol. The molecule has 0 bridgehead atoms. The maximum Gasteiger partial charge on any atom is 0.185 e. The standard InChI is InChI=1S/C10H22OSSi/c1-8-9(11-13(5,6)7)12-10(2,3)4/h8-9H,1H2,2-7H3. The lowest BCUT2D eigenvalue weighted by atomic mass is 10.3. The average Bonchev–Trinajstić information content (AvgIpc) is 1.79. The molecule has 0 saturated carbocycles. The third-order valence-corrected chi connectivity index (χ3v) is 3.49. The summed E-state index contributed by atoms with van der Waals surface area (Å²) in [5, 5.41) is 0. The molecule has 78 valence electrons. The van der Waals surface area contributed by atoms with Gasteiger partial charge in [-0.25, -0.2) is 0 Å². The van der Waals surface area contributed by atoms with Crippen LogP contribution in [0.4, 0.5) is 0 Å². The Balaban J connectivity index is 4.13. The highest BCUT2D eigenvalue weighted by Crippen LogP contribution is 2.30. The fourth-order valence-electron chi connectivity index (χ4n) is 0.817.